The van der Waals surface area contributed by atoms with Crippen LogP contribution in [0.25, 0.3) is 0 Å². The van der Waals surface area contributed by atoms with Gasteiger partial charge in [-0.2, -0.15) is 0 Å². The highest BCUT2D eigenvalue weighted by Crippen LogP contribution is 2.24. The van der Waals surface area contributed by atoms with Gasteiger partial charge in [-0.1, -0.05) is 74.0 Å². The van der Waals surface area contributed by atoms with Crippen molar-refractivity contribution < 1.29 is 4.74 Å². The van der Waals surface area contributed by atoms with Crippen LogP contribution in [-0.2, 0) is 0 Å². The maximum atomic E-state index is 5.97. The van der Waals surface area contributed by atoms with E-state index >= 15 is 0 Å². The summed E-state index contributed by atoms with van der Waals surface area (Å²) < 4.78 is 5.97. The average molecular weight is 355 g/mol. The molecule has 0 unspecified atom stereocenters. The smallest absolute Gasteiger partial charge is 0.122 e. The van der Waals surface area contributed by atoms with Gasteiger partial charge in [-0.15, -0.1) is 0 Å². The molecule has 0 fully saturated rings. The van der Waals surface area contributed by atoms with Crippen molar-refractivity contribution in [1.82, 2.24) is 0 Å². The van der Waals surface area contributed by atoms with Crippen LogP contribution in [-0.4, -0.2) is 11.9 Å². The lowest BCUT2D eigenvalue weighted by atomic mass is 10.0. The van der Waals surface area contributed by atoms with E-state index in [1.54, 1.807) is 0 Å². The molecule has 1 aromatic carbocycles. The number of ether oxygens (including phenoxy) is 1. The summed E-state index contributed by atoms with van der Waals surface area (Å²) >= 11 is 3.48. The van der Waals surface area contributed by atoms with E-state index in [1.165, 1.54) is 56.1 Å². The number of unbranched alkanes of at least 4 members (excludes halogenated alkanes) is 6. The second-order valence-electron chi connectivity index (χ2n) is 6.19. The summed E-state index contributed by atoms with van der Waals surface area (Å²) in [6, 6.07) is 6.59. The van der Waals surface area contributed by atoms with Crippen molar-refractivity contribution in [2.75, 3.05) is 11.9 Å². The van der Waals surface area contributed by atoms with Gasteiger partial charge in [-0.05, 0) is 42.9 Å². The van der Waals surface area contributed by atoms with Crippen molar-refractivity contribution in [3.8, 4) is 5.75 Å². The predicted molar refractivity (Wildman–Crippen MR) is 96.9 cm³/mol. The third-order valence-corrected chi connectivity index (χ3v) is 4.48. The first-order valence-electron chi connectivity index (χ1n) is 8.44. The molecule has 0 aromatic heterocycles. The quantitative estimate of drug-likeness (QED) is 0.320. The van der Waals surface area contributed by atoms with E-state index in [9.17, 15) is 0 Å². The molecule has 1 nitrogen and oxygen atoms in total. The zero-order valence-electron chi connectivity index (χ0n) is 14.0. The lowest BCUT2D eigenvalue weighted by Crippen LogP contribution is -2.00. The van der Waals surface area contributed by atoms with Crippen LogP contribution >= 0.6 is 15.9 Å². The number of hydrogen-bond donors (Lipinski definition) is 0. The van der Waals surface area contributed by atoms with Gasteiger partial charge in [0.15, 0.2) is 0 Å². The molecule has 1 rings (SSSR count). The zero-order valence-corrected chi connectivity index (χ0v) is 15.5. The third-order valence-electron chi connectivity index (χ3n) is 3.91. The fourth-order valence-corrected chi connectivity index (χ4v) is 2.79. The van der Waals surface area contributed by atoms with Gasteiger partial charge in [-0.25, -0.2) is 0 Å². The fourth-order valence-electron chi connectivity index (χ4n) is 2.39. The van der Waals surface area contributed by atoms with E-state index in [-0.39, 0.29) is 0 Å². The molecule has 0 spiro atoms. The van der Waals surface area contributed by atoms with Crippen LogP contribution in [0.2, 0.25) is 0 Å². The van der Waals surface area contributed by atoms with Gasteiger partial charge >= 0.3 is 0 Å². The number of halogens is 1. The molecule has 2 heteroatoms. The Labute approximate surface area is 139 Å². The van der Waals surface area contributed by atoms with E-state index in [2.05, 4.69) is 54.9 Å². The average Bonchev–Trinajstić information content (AvgIpc) is 2.47. The summed E-state index contributed by atoms with van der Waals surface area (Å²) in [5.41, 5.74) is 2.61. The Hall–Kier alpha value is -0.500. The van der Waals surface area contributed by atoms with Crippen molar-refractivity contribution in [1.29, 1.82) is 0 Å². The SMILES string of the molecule is Cc1ccc(C(C)C)cc1OCCCCCCCCCBr. The van der Waals surface area contributed by atoms with E-state index in [4.69, 9.17) is 4.74 Å². The maximum absolute atomic E-state index is 5.97. The highest BCUT2D eigenvalue weighted by atomic mass is 79.9. The second-order valence-corrected chi connectivity index (χ2v) is 6.98. The first-order chi connectivity index (χ1) is 10.1. The molecule has 0 aliphatic carbocycles. The van der Waals surface area contributed by atoms with E-state index in [0.717, 1.165) is 17.7 Å². The first-order valence-corrected chi connectivity index (χ1v) is 9.56. The summed E-state index contributed by atoms with van der Waals surface area (Å²) in [6.07, 6.45) is 9.23. The summed E-state index contributed by atoms with van der Waals surface area (Å²) in [6.45, 7) is 7.43. The molecule has 0 aliphatic heterocycles. The Kier molecular flexibility index (Phi) is 9.82. The zero-order chi connectivity index (χ0) is 15.5. The van der Waals surface area contributed by atoms with Crippen molar-refractivity contribution >= 4 is 15.9 Å². The summed E-state index contributed by atoms with van der Waals surface area (Å²) in [5.74, 6) is 1.63. The van der Waals surface area contributed by atoms with Gasteiger partial charge in [0.05, 0.1) is 6.61 Å². The van der Waals surface area contributed by atoms with Crippen LogP contribution in [0.3, 0.4) is 0 Å². The summed E-state index contributed by atoms with van der Waals surface area (Å²) in [4.78, 5) is 0. The Morgan fingerprint density at radius 1 is 0.952 bits per heavy atom. The number of hydrogen-bond acceptors (Lipinski definition) is 1. The normalized spacial score (nSPS) is 11.1. The first kappa shape index (κ1) is 18.5. The molecule has 120 valence electrons. The highest BCUT2D eigenvalue weighted by Gasteiger charge is 2.04. The number of alkyl halides is 1. The Bertz CT molecular complexity index is 387. The standard InChI is InChI=1S/C19H31BrO/c1-16(2)18-12-11-17(3)19(15-18)21-14-10-8-6-4-5-7-9-13-20/h11-12,15-16H,4-10,13-14H2,1-3H3. The molecule has 0 bridgehead atoms. The van der Waals surface area contributed by atoms with Crippen LogP contribution in [0.4, 0.5) is 0 Å². The van der Waals surface area contributed by atoms with E-state index in [1.807, 2.05) is 0 Å². The fraction of sp³-hybridized carbons (Fsp3) is 0.684. The minimum absolute atomic E-state index is 0.562. The molecular formula is C19H31BrO. The Morgan fingerprint density at radius 3 is 2.19 bits per heavy atom. The molecule has 0 N–H and O–H groups in total. The maximum Gasteiger partial charge on any atom is 0.122 e. The molecule has 0 amide bonds. The van der Waals surface area contributed by atoms with Gasteiger partial charge < -0.3 is 4.74 Å². The molecular weight excluding hydrogens is 324 g/mol. The molecule has 0 saturated heterocycles. The number of rotatable bonds is 11. The predicted octanol–water partition coefficient (Wildman–Crippen LogP) is 6.62. The van der Waals surface area contributed by atoms with E-state index in [0.29, 0.717) is 5.92 Å². The Morgan fingerprint density at radius 2 is 1.57 bits per heavy atom. The Balaban J connectivity index is 2.16. The van der Waals surface area contributed by atoms with Gasteiger partial charge in [0, 0.05) is 5.33 Å². The van der Waals surface area contributed by atoms with Crippen molar-refractivity contribution in [2.24, 2.45) is 0 Å². The number of aryl methyl sites for hydroxylation is 1. The molecule has 0 aliphatic rings. The lowest BCUT2D eigenvalue weighted by molar-refractivity contribution is 0.302. The number of benzene rings is 1. The van der Waals surface area contributed by atoms with Gasteiger partial charge in [0.25, 0.3) is 0 Å². The van der Waals surface area contributed by atoms with Crippen LogP contribution < -0.4 is 4.74 Å². The minimum Gasteiger partial charge on any atom is -0.493 e. The van der Waals surface area contributed by atoms with Gasteiger partial charge in [0.2, 0.25) is 0 Å². The molecule has 0 atom stereocenters. The van der Waals surface area contributed by atoms with Gasteiger partial charge in [0.1, 0.15) is 5.75 Å². The highest BCUT2D eigenvalue weighted by molar-refractivity contribution is 9.09. The summed E-state index contributed by atoms with van der Waals surface area (Å²) in [5, 5.41) is 1.15. The van der Waals surface area contributed by atoms with Crippen LogP contribution in [0.5, 0.6) is 5.75 Å². The van der Waals surface area contributed by atoms with E-state index < -0.39 is 0 Å². The van der Waals surface area contributed by atoms with Crippen LogP contribution in [0.15, 0.2) is 18.2 Å². The minimum atomic E-state index is 0.562. The molecule has 0 saturated carbocycles. The second kappa shape index (κ2) is 11.1. The van der Waals surface area contributed by atoms with Gasteiger partial charge in [-0.3, -0.25) is 0 Å². The third kappa shape index (κ3) is 7.90. The monoisotopic (exact) mass is 354 g/mol. The molecule has 1 aromatic rings. The molecule has 0 heterocycles. The van der Waals surface area contributed by atoms with Crippen LogP contribution in [0.1, 0.15) is 75.8 Å². The molecule has 0 radical (unpaired) electrons. The largest absolute Gasteiger partial charge is 0.493 e. The summed E-state index contributed by atoms with van der Waals surface area (Å²) in [7, 11) is 0. The molecule has 21 heavy (non-hydrogen) atoms. The topological polar surface area (TPSA) is 9.23 Å². The van der Waals surface area contributed by atoms with Crippen molar-refractivity contribution in [2.45, 2.75) is 71.6 Å². The van der Waals surface area contributed by atoms with Crippen LogP contribution in [0, 0.1) is 6.92 Å². The van der Waals surface area contributed by atoms with Crippen molar-refractivity contribution in [3.05, 3.63) is 29.3 Å². The van der Waals surface area contributed by atoms with Crippen molar-refractivity contribution in [3.63, 3.8) is 0 Å². The lowest BCUT2D eigenvalue weighted by Gasteiger charge is -2.12.